The molecule has 2 aromatic carbocycles. The van der Waals surface area contributed by atoms with Gasteiger partial charge in [0, 0.05) is 18.2 Å². The van der Waals surface area contributed by atoms with E-state index < -0.39 is 0 Å². The van der Waals surface area contributed by atoms with Gasteiger partial charge in [0.15, 0.2) is 0 Å². The lowest BCUT2D eigenvalue weighted by Crippen LogP contribution is -2.37. The lowest BCUT2D eigenvalue weighted by Gasteiger charge is -2.13. The number of benzene rings is 2. The Morgan fingerprint density at radius 1 is 1.04 bits per heavy atom. The number of carbonyl (C=O) groups is 1. The number of aryl methyl sites for hydroxylation is 2. The van der Waals surface area contributed by atoms with Crippen LogP contribution in [0.25, 0.3) is 0 Å². The van der Waals surface area contributed by atoms with Crippen molar-refractivity contribution in [3.05, 3.63) is 71.3 Å². The predicted molar refractivity (Wildman–Crippen MR) is 93.6 cm³/mol. The van der Waals surface area contributed by atoms with Crippen molar-refractivity contribution in [3.8, 4) is 0 Å². The SMILES string of the molecule is O=C(NCC1CCCN1)c1ccccc1CCc1ccccc1. The molecule has 1 atom stereocenters. The van der Waals surface area contributed by atoms with Gasteiger partial charge in [-0.3, -0.25) is 4.79 Å². The first-order valence-electron chi connectivity index (χ1n) is 8.46. The topological polar surface area (TPSA) is 41.1 Å². The molecule has 0 aliphatic carbocycles. The van der Waals surface area contributed by atoms with Gasteiger partial charge in [0.25, 0.3) is 5.91 Å². The maximum atomic E-state index is 12.5. The minimum Gasteiger partial charge on any atom is -0.350 e. The fourth-order valence-corrected chi connectivity index (χ4v) is 3.13. The Hall–Kier alpha value is -2.13. The van der Waals surface area contributed by atoms with Crippen molar-refractivity contribution >= 4 is 5.91 Å². The van der Waals surface area contributed by atoms with Gasteiger partial charge in [-0.15, -0.1) is 0 Å². The third kappa shape index (κ3) is 4.42. The molecular weight excluding hydrogens is 284 g/mol. The summed E-state index contributed by atoms with van der Waals surface area (Å²) >= 11 is 0. The van der Waals surface area contributed by atoms with Crippen LogP contribution in [0.3, 0.4) is 0 Å². The lowest BCUT2D eigenvalue weighted by molar-refractivity contribution is 0.0949. The van der Waals surface area contributed by atoms with Crippen molar-refractivity contribution in [3.63, 3.8) is 0 Å². The molecule has 1 unspecified atom stereocenters. The van der Waals surface area contributed by atoms with Gasteiger partial charge in [0.2, 0.25) is 0 Å². The van der Waals surface area contributed by atoms with E-state index in [1.807, 2.05) is 24.3 Å². The summed E-state index contributed by atoms with van der Waals surface area (Å²) < 4.78 is 0. The molecule has 3 nitrogen and oxygen atoms in total. The molecule has 1 amide bonds. The Bertz CT molecular complexity index is 633. The summed E-state index contributed by atoms with van der Waals surface area (Å²) in [7, 11) is 0. The van der Waals surface area contributed by atoms with Crippen LogP contribution in [-0.4, -0.2) is 25.0 Å². The molecule has 23 heavy (non-hydrogen) atoms. The second kappa shape index (κ2) is 7.93. The van der Waals surface area contributed by atoms with Crippen molar-refractivity contribution in [2.24, 2.45) is 0 Å². The highest BCUT2D eigenvalue weighted by Crippen LogP contribution is 2.13. The molecule has 2 aromatic rings. The van der Waals surface area contributed by atoms with Crippen LogP contribution < -0.4 is 10.6 Å². The number of nitrogens with one attached hydrogen (secondary N) is 2. The van der Waals surface area contributed by atoms with Crippen molar-refractivity contribution in [2.45, 2.75) is 31.7 Å². The number of hydrogen-bond donors (Lipinski definition) is 2. The quantitative estimate of drug-likeness (QED) is 0.861. The molecule has 0 bridgehead atoms. The van der Waals surface area contributed by atoms with E-state index in [0.29, 0.717) is 12.6 Å². The average Bonchev–Trinajstić information content (AvgIpc) is 3.12. The third-order valence-corrected chi connectivity index (χ3v) is 4.46. The molecule has 120 valence electrons. The molecular formula is C20H24N2O. The highest BCUT2D eigenvalue weighted by Gasteiger charge is 2.16. The van der Waals surface area contributed by atoms with Crippen molar-refractivity contribution in [1.29, 1.82) is 0 Å². The monoisotopic (exact) mass is 308 g/mol. The summed E-state index contributed by atoms with van der Waals surface area (Å²) in [5.41, 5.74) is 3.23. The Labute approximate surface area is 138 Å². The molecule has 0 aromatic heterocycles. The van der Waals surface area contributed by atoms with E-state index in [9.17, 15) is 4.79 Å². The van der Waals surface area contributed by atoms with Gasteiger partial charge in [0.1, 0.15) is 0 Å². The fraction of sp³-hybridized carbons (Fsp3) is 0.350. The maximum Gasteiger partial charge on any atom is 0.251 e. The summed E-state index contributed by atoms with van der Waals surface area (Å²) in [6.45, 7) is 1.78. The first-order valence-corrected chi connectivity index (χ1v) is 8.46. The molecule has 0 spiro atoms. The molecule has 3 rings (SSSR count). The minimum atomic E-state index is 0.0439. The van der Waals surface area contributed by atoms with Crippen molar-refractivity contribution in [2.75, 3.05) is 13.1 Å². The average molecular weight is 308 g/mol. The Morgan fingerprint density at radius 2 is 1.83 bits per heavy atom. The smallest absolute Gasteiger partial charge is 0.251 e. The summed E-state index contributed by atoms with van der Waals surface area (Å²) in [6.07, 6.45) is 4.19. The zero-order valence-corrected chi connectivity index (χ0v) is 13.4. The Morgan fingerprint density at radius 3 is 2.61 bits per heavy atom. The van der Waals surface area contributed by atoms with E-state index in [1.54, 1.807) is 0 Å². The van der Waals surface area contributed by atoms with E-state index in [1.165, 1.54) is 12.0 Å². The van der Waals surface area contributed by atoms with Crippen LogP contribution in [-0.2, 0) is 12.8 Å². The Kier molecular flexibility index (Phi) is 5.43. The van der Waals surface area contributed by atoms with Gasteiger partial charge < -0.3 is 10.6 Å². The van der Waals surface area contributed by atoms with E-state index in [0.717, 1.165) is 36.9 Å². The molecule has 1 aliphatic rings. The summed E-state index contributed by atoms with van der Waals surface area (Å²) in [4.78, 5) is 12.5. The first kappa shape index (κ1) is 15.8. The van der Waals surface area contributed by atoms with Crippen LogP contribution in [0.4, 0.5) is 0 Å². The molecule has 1 fully saturated rings. The van der Waals surface area contributed by atoms with E-state index >= 15 is 0 Å². The van der Waals surface area contributed by atoms with Gasteiger partial charge in [-0.1, -0.05) is 48.5 Å². The van der Waals surface area contributed by atoms with Gasteiger partial charge in [-0.05, 0) is 49.4 Å². The zero-order valence-electron chi connectivity index (χ0n) is 13.4. The van der Waals surface area contributed by atoms with Crippen LogP contribution in [0.5, 0.6) is 0 Å². The fourth-order valence-electron chi connectivity index (χ4n) is 3.13. The third-order valence-electron chi connectivity index (χ3n) is 4.46. The molecule has 2 N–H and O–H groups in total. The van der Waals surface area contributed by atoms with Gasteiger partial charge in [-0.2, -0.15) is 0 Å². The van der Waals surface area contributed by atoms with Crippen LogP contribution >= 0.6 is 0 Å². The number of hydrogen-bond acceptors (Lipinski definition) is 2. The maximum absolute atomic E-state index is 12.5. The molecule has 1 aliphatic heterocycles. The van der Waals surface area contributed by atoms with Crippen LogP contribution in [0.1, 0.15) is 34.3 Å². The lowest BCUT2D eigenvalue weighted by atomic mass is 9.99. The van der Waals surface area contributed by atoms with Crippen LogP contribution in [0, 0.1) is 0 Å². The standard InChI is InChI=1S/C20H24N2O/c23-20(22-15-18-10-6-14-21-18)19-11-5-4-9-17(19)13-12-16-7-2-1-3-8-16/h1-5,7-9,11,18,21H,6,10,12-15H2,(H,22,23). The van der Waals surface area contributed by atoms with E-state index in [-0.39, 0.29) is 5.91 Å². The van der Waals surface area contributed by atoms with E-state index in [2.05, 4.69) is 41.0 Å². The van der Waals surface area contributed by atoms with Gasteiger partial charge in [0.05, 0.1) is 0 Å². The summed E-state index contributed by atoms with van der Waals surface area (Å²) in [5.74, 6) is 0.0439. The predicted octanol–water partition coefficient (Wildman–Crippen LogP) is 2.95. The minimum absolute atomic E-state index is 0.0439. The van der Waals surface area contributed by atoms with Gasteiger partial charge in [-0.25, -0.2) is 0 Å². The highest BCUT2D eigenvalue weighted by molar-refractivity contribution is 5.95. The molecule has 3 heteroatoms. The largest absolute Gasteiger partial charge is 0.350 e. The van der Waals surface area contributed by atoms with Gasteiger partial charge >= 0.3 is 0 Å². The normalized spacial score (nSPS) is 17.1. The number of rotatable bonds is 6. The number of carbonyl (C=O) groups excluding carboxylic acids is 1. The molecule has 0 saturated carbocycles. The van der Waals surface area contributed by atoms with Crippen molar-refractivity contribution < 1.29 is 4.79 Å². The second-order valence-corrected chi connectivity index (χ2v) is 6.15. The van der Waals surface area contributed by atoms with Crippen molar-refractivity contribution in [1.82, 2.24) is 10.6 Å². The second-order valence-electron chi connectivity index (χ2n) is 6.15. The highest BCUT2D eigenvalue weighted by atomic mass is 16.1. The molecule has 0 radical (unpaired) electrons. The summed E-state index contributed by atoms with van der Waals surface area (Å²) in [6, 6.07) is 18.8. The number of amides is 1. The molecule has 1 saturated heterocycles. The Balaban J connectivity index is 1.61. The van der Waals surface area contributed by atoms with E-state index in [4.69, 9.17) is 0 Å². The molecule has 1 heterocycles. The first-order chi connectivity index (χ1) is 11.3. The van der Waals surface area contributed by atoms with Crippen LogP contribution in [0.2, 0.25) is 0 Å². The summed E-state index contributed by atoms with van der Waals surface area (Å²) in [5, 5.41) is 6.49. The van der Waals surface area contributed by atoms with Crippen LogP contribution in [0.15, 0.2) is 54.6 Å². The zero-order chi connectivity index (χ0) is 15.9.